The van der Waals surface area contributed by atoms with E-state index < -0.39 is 15.6 Å². The third-order valence-electron chi connectivity index (χ3n) is 4.27. The lowest BCUT2D eigenvalue weighted by Crippen LogP contribution is -2.23. The van der Waals surface area contributed by atoms with E-state index in [0.717, 1.165) is 13.0 Å². The van der Waals surface area contributed by atoms with Gasteiger partial charge in [-0.05, 0) is 44.8 Å². The molecular formula is C20H22N2O3S. The summed E-state index contributed by atoms with van der Waals surface area (Å²) >= 11 is 0. The number of carbonyl (C=O) groups excluding carboxylic acids is 1. The molecule has 1 N–H and O–H groups in total. The van der Waals surface area contributed by atoms with Gasteiger partial charge in [0, 0.05) is 12.1 Å². The van der Waals surface area contributed by atoms with Gasteiger partial charge >= 0.3 is 0 Å². The average molecular weight is 370 g/mol. The Balaban J connectivity index is 2.07. The molecule has 136 valence electrons. The Morgan fingerprint density at radius 1 is 1.00 bits per heavy atom. The molecule has 5 nitrogen and oxygen atoms in total. The highest BCUT2D eigenvalue weighted by Gasteiger charge is 2.41. The molecule has 0 spiro atoms. The Morgan fingerprint density at radius 2 is 1.65 bits per heavy atom. The lowest BCUT2D eigenvalue weighted by Gasteiger charge is -2.15. The summed E-state index contributed by atoms with van der Waals surface area (Å²) in [6.45, 7) is 1.44. The highest BCUT2D eigenvalue weighted by atomic mass is 32.2. The molecule has 0 saturated heterocycles. The molecule has 2 aromatic carbocycles. The summed E-state index contributed by atoms with van der Waals surface area (Å²) in [4.78, 5) is 14.9. The first-order valence-corrected chi connectivity index (χ1v) is 9.98. The number of hydrogen-bond acceptors (Lipinski definition) is 5. The van der Waals surface area contributed by atoms with E-state index in [1.807, 2.05) is 44.4 Å². The zero-order valence-electron chi connectivity index (χ0n) is 14.9. The highest BCUT2D eigenvalue weighted by molar-refractivity contribution is 7.97. The predicted octanol–water partition coefficient (Wildman–Crippen LogP) is 2.57. The lowest BCUT2D eigenvalue weighted by atomic mass is 10.1. The van der Waals surface area contributed by atoms with Gasteiger partial charge in [-0.15, -0.1) is 0 Å². The third kappa shape index (κ3) is 3.43. The molecule has 3 rings (SSSR count). The number of Topliss-reactive ketones (excluding diaryl/α,β-unsaturated/α-hetero) is 1. The molecule has 0 aromatic heterocycles. The van der Waals surface area contributed by atoms with Crippen LogP contribution >= 0.6 is 0 Å². The minimum absolute atomic E-state index is 0.0866. The van der Waals surface area contributed by atoms with E-state index in [4.69, 9.17) is 0 Å². The number of nitrogens with zero attached hydrogens (tertiary/aromatic N) is 1. The van der Waals surface area contributed by atoms with E-state index in [1.165, 1.54) is 6.07 Å². The molecule has 0 amide bonds. The molecule has 6 heteroatoms. The Labute approximate surface area is 154 Å². The molecule has 2 aromatic rings. The number of ketones is 1. The number of hydrogen-bond donors (Lipinski definition) is 1. The zero-order valence-corrected chi connectivity index (χ0v) is 15.7. The smallest absolute Gasteiger partial charge is 0.213 e. The number of rotatable bonds is 6. The van der Waals surface area contributed by atoms with Crippen molar-refractivity contribution in [2.75, 3.05) is 27.2 Å². The normalized spacial score (nSPS) is 17.3. The van der Waals surface area contributed by atoms with Gasteiger partial charge in [-0.1, -0.05) is 42.5 Å². The van der Waals surface area contributed by atoms with Crippen LogP contribution in [0.3, 0.4) is 0 Å². The number of allylic oxidation sites excluding steroid dienone is 1. The van der Waals surface area contributed by atoms with Gasteiger partial charge in [0.1, 0.15) is 4.91 Å². The molecule has 1 heterocycles. The molecule has 0 unspecified atom stereocenters. The van der Waals surface area contributed by atoms with E-state index in [0.29, 0.717) is 17.8 Å². The van der Waals surface area contributed by atoms with Crippen molar-refractivity contribution in [1.29, 1.82) is 0 Å². The summed E-state index contributed by atoms with van der Waals surface area (Å²) in [7, 11) is 0.129. The van der Waals surface area contributed by atoms with Crippen molar-refractivity contribution in [3.63, 3.8) is 0 Å². The number of fused-ring (bicyclic) bond motifs is 1. The van der Waals surface area contributed by atoms with Gasteiger partial charge in [-0.2, -0.15) is 0 Å². The number of benzene rings is 2. The van der Waals surface area contributed by atoms with Gasteiger partial charge in [0.05, 0.1) is 10.6 Å². The molecule has 0 radical (unpaired) electrons. The molecule has 0 saturated carbocycles. The van der Waals surface area contributed by atoms with Crippen LogP contribution in [0.5, 0.6) is 0 Å². The first kappa shape index (κ1) is 18.4. The SMILES string of the molecule is CN(C)CCCN/C(=C1\C(=O)c2ccccc2S1(=O)=O)c1ccccc1. The molecule has 0 aliphatic carbocycles. The van der Waals surface area contributed by atoms with E-state index in [9.17, 15) is 13.2 Å². The van der Waals surface area contributed by atoms with Crippen molar-refractivity contribution in [3.8, 4) is 0 Å². The first-order valence-electron chi connectivity index (χ1n) is 8.50. The number of nitrogens with one attached hydrogen (secondary N) is 1. The summed E-state index contributed by atoms with van der Waals surface area (Å²) in [6.07, 6.45) is 0.831. The second kappa shape index (κ2) is 7.43. The summed E-state index contributed by atoms with van der Waals surface area (Å²) in [5.41, 5.74) is 1.31. The Morgan fingerprint density at radius 3 is 2.31 bits per heavy atom. The van der Waals surface area contributed by atoms with Crippen molar-refractivity contribution in [3.05, 3.63) is 70.6 Å². The molecular weight excluding hydrogens is 348 g/mol. The van der Waals surface area contributed by atoms with Crippen LogP contribution in [0.15, 0.2) is 64.4 Å². The predicted molar refractivity (Wildman–Crippen MR) is 102 cm³/mol. The monoisotopic (exact) mass is 370 g/mol. The van der Waals surface area contributed by atoms with Crippen molar-refractivity contribution in [1.82, 2.24) is 10.2 Å². The quantitative estimate of drug-likeness (QED) is 0.625. The van der Waals surface area contributed by atoms with Crippen LogP contribution in [0.4, 0.5) is 0 Å². The van der Waals surface area contributed by atoms with Crippen molar-refractivity contribution in [2.45, 2.75) is 11.3 Å². The Hall–Kier alpha value is -2.44. The van der Waals surface area contributed by atoms with Crippen LogP contribution in [0.2, 0.25) is 0 Å². The fraction of sp³-hybridized carbons (Fsp3) is 0.250. The molecule has 1 aliphatic heterocycles. The number of carbonyl (C=O) groups is 1. The molecule has 26 heavy (non-hydrogen) atoms. The molecule has 0 fully saturated rings. The lowest BCUT2D eigenvalue weighted by molar-refractivity contribution is 0.104. The minimum atomic E-state index is -3.84. The van der Waals surface area contributed by atoms with Gasteiger partial charge in [0.2, 0.25) is 15.6 Å². The topological polar surface area (TPSA) is 66.5 Å². The Bertz CT molecular complexity index is 948. The average Bonchev–Trinajstić information content (AvgIpc) is 2.83. The second-order valence-corrected chi connectivity index (χ2v) is 8.34. The summed E-state index contributed by atoms with van der Waals surface area (Å²) in [5.74, 6) is -0.445. The summed E-state index contributed by atoms with van der Waals surface area (Å²) in [5, 5.41) is 3.21. The van der Waals surface area contributed by atoms with E-state index in [1.54, 1.807) is 18.2 Å². The highest BCUT2D eigenvalue weighted by Crippen LogP contribution is 2.37. The minimum Gasteiger partial charge on any atom is -0.383 e. The van der Waals surface area contributed by atoms with Crippen LogP contribution in [0, 0.1) is 0 Å². The van der Waals surface area contributed by atoms with Crippen molar-refractivity contribution < 1.29 is 13.2 Å². The second-order valence-electron chi connectivity index (χ2n) is 6.48. The van der Waals surface area contributed by atoms with Crippen LogP contribution < -0.4 is 5.32 Å². The molecule has 0 atom stereocenters. The standard InChI is InChI=1S/C20H22N2O3S/c1-22(2)14-8-13-21-18(15-9-4-3-5-10-15)20-19(23)16-11-6-7-12-17(16)26(20,24)25/h3-7,9-12,21H,8,13-14H2,1-2H3/b20-18+. The van der Waals surface area contributed by atoms with Gasteiger partial charge in [-0.25, -0.2) is 8.42 Å². The van der Waals surface area contributed by atoms with Crippen LogP contribution in [0.1, 0.15) is 22.3 Å². The summed E-state index contributed by atoms with van der Waals surface area (Å²) in [6, 6.07) is 15.5. The van der Waals surface area contributed by atoms with Gasteiger partial charge in [0.25, 0.3) is 0 Å². The first-order chi connectivity index (χ1) is 12.4. The maximum absolute atomic E-state index is 13.0. The Kier molecular flexibility index (Phi) is 5.25. The van der Waals surface area contributed by atoms with Crippen LogP contribution in [-0.2, 0) is 9.84 Å². The maximum Gasteiger partial charge on any atom is 0.213 e. The van der Waals surface area contributed by atoms with Crippen molar-refractivity contribution >= 4 is 21.3 Å². The number of sulfone groups is 1. The third-order valence-corrected chi connectivity index (χ3v) is 6.13. The fourth-order valence-corrected chi connectivity index (χ4v) is 4.76. The van der Waals surface area contributed by atoms with Crippen molar-refractivity contribution in [2.24, 2.45) is 0 Å². The molecule has 0 bridgehead atoms. The van der Waals surface area contributed by atoms with Gasteiger partial charge < -0.3 is 10.2 Å². The fourth-order valence-electron chi connectivity index (χ4n) is 3.02. The van der Waals surface area contributed by atoms with Crippen LogP contribution in [0.25, 0.3) is 5.70 Å². The van der Waals surface area contributed by atoms with Gasteiger partial charge in [0.15, 0.2) is 0 Å². The summed E-state index contributed by atoms with van der Waals surface area (Å²) < 4.78 is 26.0. The molecule has 1 aliphatic rings. The van der Waals surface area contributed by atoms with E-state index >= 15 is 0 Å². The zero-order chi connectivity index (χ0) is 18.7. The van der Waals surface area contributed by atoms with Gasteiger partial charge in [-0.3, -0.25) is 4.79 Å². The van der Waals surface area contributed by atoms with E-state index in [-0.39, 0.29) is 15.4 Å². The largest absolute Gasteiger partial charge is 0.383 e. The van der Waals surface area contributed by atoms with Crippen LogP contribution in [-0.4, -0.2) is 46.3 Å². The maximum atomic E-state index is 13.0. The van der Waals surface area contributed by atoms with E-state index in [2.05, 4.69) is 10.2 Å².